The third-order valence-electron chi connectivity index (χ3n) is 7.34. The molecule has 2 fully saturated rings. The van der Waals surface area contributed by atoms with Gasteiger partial charge in [0, 0.05) is 43.9 Å². The number of hydrogen-bond donors (Lipinski definition) is 0. The Labute approximate surface area is 226 Å². The molecule has 1 aromatic heterocycles. The first-order chi connectivity index (χ1) is 18.5. The van der Waals surface area contributed by atoms with Gasteiger partial charge in [-0.3, -0.25) is 0 Å². The van der Waals surface area contributed by atoms with Crippen LogP contribution in [0.2, 0.25) is 0 Å². The summed E-state index contributed by atoms with van der Waals surface area (Å²) in [5.41, 5.74) is 1.83. The molecule has 2 aliphatic heterocycles. The normalized spacial score (nSPS) is 19.7. The number of benzene rings is 1. The van der Waals surface area contributed by atoms with Gasteiger partial charge in [-0.15, -0.1) is 10.2 Å². The summed E-state index contributed by atoms with van der Waals surface area (Å²) in [7, 11) is 1.42. The number of amides is 1. The number of piperidine rings is 1. The van der Waals surface area contributed by atoms with Crippen LogP contribution in [0, 0.1) is 0 Å². The fraction of sp³-hybridized carbons (Fsp3) is 0.607. The molecule has 39 heavy (non-hydrogen) atoms. The zero-order valence-electron chi connectivity index (χ0n) is 22.8. The van der Waals surface area contributed by atoms with Crippen molar-refractivity contribution in [3.8, 4) is 17.0 Å². The van der Waals surface area contributed by atoms with Crippen molar-refractivity contribution in [1.29, 1.82) is 0 Å². The van der Waals surface area contributed by atoms with Crippen LogP contribution in [0.4, 0.5) is 23.8 Å². The molecule has 0 unspecified atom stereocenters. The Morgan fingerprint density at radius 3 is 2.54 bits per heavy atom. The van der Waals surface area contributed by atoms with E-state index in [0.29, 0.717) is 24.3 Å². The van der Waals surface area contributed by atoms with E-state index in [9.17, 15) is 18.0 Å². The Morgan fingerprint density at radius 2 is 1.87 bits per heavy atom. The summed E-state index contributed by atoms with van der Waals surface area (Å²) in [5.74, 6) is 1.16. The van der Waals surface area contributed by atoms with Gasteiger partial charge in [0.15, 0.2) is 12.6 Å². The van der Waals surface area contributed by atoms with Gasteiger partial charge in [-0.1, -0.05) is 0 Å². The third-order valence-corrected chi connectivity index (χ3v) is 7.34. The van der Waals surface area contributed by atoms with Crippen LogP contribution in [0.25, 0.3) is 11.3 Å². The Kier molecular flexibility index (Phi) is 7.39. The maximum atomic E-state index is 13.4. The van der Waals surface area contributed by atoms with Gasteiger partial charge in [0.25, 0.3) is 0 Å². The predicted octanol–water partition coefficient (Wildman–Crippen LogP) is 5.78. The second-order valence-electron chi connectivity index (χ2n) is 11.5. The molecule has 0 spiro atoms. The molecule has 2 aromatic rings. The van der Waals surface area contributed by atoms with Crippen LogP contribution in [-0.2, 0) is 22.1 Å². The predicted molar refractivity (Wildman–Crippen MR) is 139 cm³/mol. The van der Waals surface area contributed by atoms with E-state index >= 15 is 0 Å². The first-order valence-corrected chi connectivity index (χ1v) is 13.4. The van der Waals surface area contributed by atoms with Crippen LogP contribution < -0.4 is 9.64 Å². The van der Waals surface area contributed by atoms with E-state index in [2.05, 4.69) is 15.1 Å². The molecule has 5 rings (SSSR count). The number of fused-ring (bicyclic) bond motifs is 1. The van der Waals surface area contributed by atoms with Crippen LogP contribution in [-0.4, -0.2) is 66.4 Å². The van der Waals surface area contributed by atoms with Crippen molar-refractivity contribution in [3.63, 3.8) is 0 Å². The number of methoxy groups -OCH3 is 1. The molecule has 0 N–H and O–H groups in total. The van der Waals surface area contributed by atoms with Crippen LogP contribution in [0.15, 0.2) is 18.2 Å². The largest absolute Gasteiger partial charge is 0.467 e. The Morgan fingerprint density at radius 1 is 1.10 bits per heavy atom. The van der Waals surface area contributed by atoms with Gasteiger partial charge in [-0.05, 0) is 82.6 Å². The molecule has 3 heterocycles. The fourth-order valence-electron chi connectivity index (χ4n) is 5.49. The van der Waals surface area contributed by atoms with Gasteiger partial charge >= 0.3 is 12.3 Å². The summed E-state index contributed by atoms with van der Waals surface area (Å²) < 4.78 is 56.5. The summed E-state index contributed by atoms with van der Waals surface area (Å²) in [6.07, 6.45) is -0.261. The topological polar surface area (TPSA) is 77.0 Å². The number of rotatable bonds is 6. The zero-order chi connectivity index (χ0) is 27.9. The number of carbonyl (C=O) groups is 1. The number of alkyl halides is 3. The standard InChI is InChI=1S/C28H35F3N4O4/c1-27(2,3)39-26(36)34-12-5-6-19(15-34)35-13-11-21-23(17-7-8-17)24(32-33-25(21)35)20-10-9-18(28(29,30)31)14-22(20)38-16-37-4/h9-10,14,17,19H,5-8,11-13,15-16H2,1-4H3/t19-/m1/s1. The molecule has 8 nitrogen and oxygen atoms in total. The summed E-state index contributed by atoms with van der Waals surface area (Å²) in [6.45, 7) is 7.34. The Hall–Kier alpha value is -3.08. The highest BCUT2D eigenvalue weighted by molar-refractivity contribution is 5.75. The van der Waals surface area contributed by atoms with Crippen molar-refractivity contribution in [1.82, 2.24) is 15.1 Å². The lowest BCUT2D eigenvalue weighted by Gasteiger charge is -2.38. The summed E-state index contributed by atoms with van der Waals surface area (Å²) >= 11 is 0. The average molecular weight is 549 g/mol. The van der Waals surface area contributed by atoms with Crippen LogP contribution in [0.5, 0.6) is 5.75 Å². The van der Waals surface area contributed by atoms with Crippen LogP contribution >= 0.6 is 0 Å². The van der Waals surface area contributed by atoms with Gasteiger partial charge in [-0.25, -0.2) is 4.79 Å². The molecule has 1 amide bonds. The lowest BCUT2D eigenvalue weighted by molar-refractivity contribution is -0.137. The second-order valence-corrected chi connectivity index (χ2v) is 11.5. The number of anilines is 1. The molecule has 1 saturated heterocycles. The van der Waals surface area contributed by atoms with Gasteiger partial charge in [0.1, 0.15) is 17.0 Å². The minimum absolute atomic E-state index is 0.0676. The molecular formula is C28H35F3N4O4. The quantitative estimate of drug-likeness (QED) is 0.423. The first-order valence-electron chi connectivity index (χ1n) is 13.4. The molecule has 1 atom stereocenters. The number of ether oxygens (including phenoxy) is 3. The molecule has 1 aromatic carbocycles. The molecule has 1 saturated carbocycles. The Bertz CT molecular complexity index is 1230. The van der Waals surface area contributed by atoms with Crippen molar-refractivity contribution in [2.75, 3.05) is 38.4 Å². The smallest absolute Gasteiger partial charge is 0.416 e. The zero-order valence-corrected chi connectivity index (χ0v) is 22.8. The second kappa shape index (κ2) is 10.5. The summed E-state index contributed by atoms with van der Waals surface area (Å²) in [5, 5.41) is 9.21. The lowest BCUT2D eigenvalue weighted by Crippen LogP contribution is -2.50. The maximum absolute atomic E-state index is 13.4. The van der Waals surface area contributed by atoms with E-state index < -0.39 is 17.3 Å². The summed E-state index contributed by atoms with van der Waals surface area (Å²) in [4.78, 5) is 16.7. The number of halogens is 3. The minimum Gasteiger partial charge on any atom is -0.467 e. The SMILES string of the molecule is COCOc1cc(C(F)(F)F)ccc1-c1nnc2c(c1C1CC1)CCN2[C@@H]1CCCN(C(=O)OC(C)(C)C)C1. The van der Waals surface area contributed by atoms with E-state index in [4.69, 9.17) is 14.2 Å². The molecular weight excluding hydrogens is 513 g/mol. The molecule has 11 heteroatoms. The number of hydrogen-bond acceptors (Lipinski definition) is 7. The van der Waals surface area contributed by atoms with Crippen molar-refractivity contribution in [2.45, 2.75) is 76.6 Å². The highest BCUT2D eigenvalue weighted by Crippen LogP contribution is 2.50. The number of aromatic nitrogens is 2. The van der Waals surface area contributed by atoms with Gasteiger partial charge in [-0.2, -0.15) is 13.2 Å². The van der Waals surface area contributed by atoms with Gasteiger partial charge in [0.2, 0.25) is 0 Å². The highest BCUT2D eigenvalue weighted by atomic mass is 19.4. The summed E-state index contributed by atoms with van der Waals surface area (Å²) in [6, 6.07) is 3.56. The van der Waals surface area contributed by atoms with Crippen LogP contribution in [0.3, 0.4) is 0 Å². The molecule has 1 aliphatic carbocycles. The van der Waals surface area contributed by atoms with E-state index in [1.54, 1.807) is 4.90 Å². The van der Waals surface area contributed by atoms with E-state index in [-0.39, 0.29) is 30.6 Å². The van der Waals surface area contributed by atoms with Crippen molar-refractivity contribution >= 4 is 11.9 Å². The van der Waals surface area contributed by atoms with Crippen LogP contribution in [0.1, 0.15) is 69.1 Å². The number of carbonyl (C=O) groups excluding carboxylic acids is 1. The lowest BCUT2D eigenvalue weighted by atomic mass is 9.96. The number of likely N-dealkylation sites (tertiary alicyclic amines) is 1. The average Bonchev–Trinajstić information content (AvgIpc) is 3.63. The molecule has 3 aliphatic rings. The number of nitrogens with zero attached hydrogens (tertiary/aromatic N) is 4. The molecule has 0 bridgehead atoms. The van der Waals surface area contributed by atoms with E-state index in [1.807, 2.05) is 20.8 Å². The van der Waals surface area contributed by atoms with Gasteiger partial charge in [0.05, 0.1) is 5.56 Å². The molecule has 0 radical (unpaired) electrons. The highest BCUT2D eigenvalue weighted by Gasteiger charge is 2.40. The fourth-order valence-corrected chi connectivity index (χ4v) is 5.49. The van der Waals surface area contributed by atoms with E-state index in [1.165, 1.54) is 13.2 Å². The third kappa shape index (κ3) is 5.92. The Balaban J connectivity index is 1.47. The van der Waals surface area contributed by atoms with E-state index in [0.717, 1.165) is 67.7 Å². The molecule has 212 valence electrons. The maximum Gasteiger partial charge on any atom is 0.416 e. The van der Waals surface area contributed by atoms with Crippen molar-refractivity contribution in [3.05, 3.63) is 34.9 Å². The monoisotopic (exact) mass is 548 g/mol. The van der Waals surface area contributed by atoms with Crippen molar-refractivity contribution < 1.29 is 32.2 Å². The van der Waals surface area contributed by atoms with Gasteiger partial charge < -0.3 is 24.0 Å². The first kappa shape index (κ1) is 27.5. The minimum atomic E-state index is -4.50. The van der Waals surface area contributed by atoms with Crippen molar-refractivity contribution in [2.24, 2.45) is 0 Å².